The number of aliphatic hydroxyl groups is 1. The Kier molecular flexibility index (Phi) is 5.31. The van der Waals surface area contributed by atoms with Crippen LogP contribution in [0.15, 0.2) is 54.6 Å². The summed E-state index contributed by atoms with van der Waals surface area (Å²) < 4.78 is 25.4. The van der Waals surface area contributed by atoms with Gasteiger partial charge in [-0.05, 0) is 43.2 Å². The van der Waals surface area contributed by atoms with Crippen molar-refractivity contribution in [3.63, 3.8) is 0 Å². The van der Waals surface area contributed by atoms with Crippen molar-refractivity contribution in [2.24, 2.45) is 0 Å². The van der Waals surface area contributed by atoms with Gasteiger partial charge < -0.3 is 10.0 Å². The monoisotopic (exact) mass is 347 g/mol. The van der Waals surface area contributed by atoms with Crippen LogP contribution in [-0.4, -0.2) is 32.9 Å². The van der Waals surface area contributed by atoms with E-state index in [0.29, 0.717) is 17.7 Å². The van der Waals surface area contributed by atoms with Crippen LogP contribution < -0.4 is 4.90 Å². The molecule has 5 heteroatoms. The number of anilines is 1. The fourth-order valence-corrected chi connectivity index (χ4v) is 4.74. The predicted molar refractivity (Wildman–Crippen MR) is 96.0 cm³/mol. The van der Waals surface area contributed by atoms with Crippen LogP contribution in [0.1, 0.15) is 25.0 Å². The van der Waals surface area contributed by atoms with Gasteiger partial charge in [0.15, 0.2) is 0 Å². The second-order valence-electron chi connectivity index (χ2n) is 6.21. The van der Waals surface area contributed by atoms with Gasteiger partial charge in [-0.2, -0.15) is 0 Å². The Balaban J connectivity index is 1.50. The van der Waals surface area contributed by atoms with E-state index in [1.165, 1.54) is 12.1 Å². The molecule has 1 saturated heterocycles. The van der Waals surface area contributed by atoms with E-state index in [4.69, 9.17) is 0 Å². The third-order valence-electron chi connectivity index (χ3n) is 4.68. The molecule has 0 radical (unpaired) electrons. The molecule has 24 heavy (non-hydrogen) atoms. The lowest BCUT2D eigenvalue weighted by molar-refractivity contribution is 0.174. The van der Waals surface area contributed by atoms with Gasteiger partial charge in [-0.25, -0.2) is 4.39 Å². The zero-order valence-corrected chi connectivity index (χ0v) is 14.5. The Morgan fingerprint density at radius 3 is 2.50 bits per heavy atom. The van der Waals surface area contributed by atoms with Crippen molar-refractivity contribution in [1.29, 1.82) is 0 Å². The normalized spacial score (nSPS) is 22.7. The van der Waals surface area contributed by atoms with E-state index in [1.807, 2.05) is 18.2 Å². The van der Waals surface area contributed by atoms with Gasteiger partial charge in [-0.15, -0.1) is 0 Å². The first kappa shape index (κ1) is 17.1. The van der Waals surface area contributed by atoms with Crippen molar-refractivity contribution in [2.45, 2.75) is 30.7 Å². The number of aliphatic hydroxyl groups excluding tert-OH is 1. The van der Waals surface area contributed by atoms with E-state index in [0.717, 1.165) is 12.2 Å². The van der Waals surface area contributed by atoms with Crippen LogP contribution in [0.3, 0.4) is 0 Å². The van der Waals surface area contributed by atoms with E-state index < -0.39 is 16.9 Å². The number of nitrogens with zero attached hydrogens (tertiary/aromatic N) is 1. The van der Waals surface area contributed by atoms with Crippen molar-refractivity contribution in [1.82, 2.24) is 0 Å². The summed E-state index contributed by atoms with van der Waals surface area (Å²) >= 11 is 0. The van der Waals surface area contributed by atoms with Crippen LogP contribution in [0.5, 0.6) is 0 Å². The second kappa shape index (κ2) is 7.45. The zero-order valence-electron chi connectivity index (χ0n) is 13.6. The second-order valence-corrected chi connectivity index (χ2v) is 7.98. The van der Waals surface area contributed by atoms with Crippen LogP contribution in [-0.2, 0) is 10.8 Å². The lowest BCUT2D eigenvalue weighted by Crippen LogP contribution is -2.60. The predicted octanol–water partition coefficient (Wildman–Crippen LogP) is 3.28. The standard InChI is InChI=1S/C19H22FNO2S/c1-14-19(13-21(14)17-5-3-2-4-6-17)24(23)12-11-18(22)15-7-9-16(20)10-8-15/h2-10,14,18-19,22H,11-13H2,1H3. The van der Waals surface area contributed by atoms with Crippen molar-refractivity contribution in [3.05, 3.63) is 66.0 Å². The molecule has 0 saturated carbocycles. The highest BCUT2D eigenvalue weighted by molar-refractivity contribution is 7.85. The molecule has 2 aromatic rings. The number of benzene rings is 2. The number of hydrogen-bond donors (Lipinski definition) is 1. The lowest BCUT2D eigenvalue weighted by Gasteiger charge is -2.47. The Bertz CT molecular complexity index is 692. The Labute approximate surface area is 144 Å². The number of rotatable bonds is 6. The summed E-state index contributed by atoms with van der Waals surface area (Å²) in [4.78, 5) is 2.25. The topological polar surface area (TPSA) is 40.5 Å². The first-order valence-corrected chi connectivity index (χ1v) is 9.57. The molecule has 1 aliphatic heterocycles. The summed E-state index contributed by atoms with van der Waals surface area (Å²) in [5.41, 5.74) is 1.82. The molecule has 4 atom stereocenters. The van der Waals surface area contributed by atoms with Crippen LogP contribution >= 0.6 is 0 Å². The molecule has 1 heterocycles. The highest BCUT2D eigenvalue weighted by Crippen LogP contribution is 2.30. The average Bonchev–Trinajstić information content (AvgIpc) is 2.60. The largest absolute Gasteiger partial charge is 0.388 e. The van der Waals surface area contributed by atoms with Gasteiger partial charge in [0.2, 0.25) is 0 Å². The quantitative estimate of drug-likeness (QED) is 0.872. The van der Waals surface area contributed by atoms with Crippen molar-refractivity contribution < 1.29 is 13.7 Å². The van der Waals surface area contributed by atoms with Crippen LogP contribution in [0.4, 0.5) is 10.1 Å². The minimum absolute atomic E-state index is 0.130. The Morgan fingerprint density at radius 1 is 1.21 bits per heavy atom. The first-order valence-electron chi connectivity index (χ1n) is 8.18. The average molecular weight is 347 g/mol. The molecule has 2 aromatic carbocycles. The molecule has 0 amide bonds. The van der Waals surface area contributed by atoms with Crippen LogP contribution in [0, 0.1) is 5.82 Å². The molecule has 3 nitrogen and oxygen atoms in total. The van der Waals surface area contributed by atoms with Crippen molar-refractivity contribution in [3.8, 4) is 0 Å². The zero-order chi connectivity index (χ0) is 17.1. The lowest BCUT2D eigenvalue weighted by atomic mass is 10.0. The highest BCUT2D eigenvalue weighted by atomic mass is 32.2. The molecule has 4 unspecified atom stereocenters. The fourth-order valence-electron chi connectivity index (χ4n) is 3.07. The first-order chi connectivity index (χ1) is 11.6. The van der Waals surface area contributed by atoms with Crippen LogP contribution in [0.25, 0.3) is 0 Å². The molecule has 0 aromatic heterocycles. The highest BCUT2D eigenvalue weighted by Gasteiger charge is 2.39. The smallest absolute Gasteiger partial charge is 0.123 e. The molecule has 3 rings (SSSR count). The molecular formula is C19H22FNO2S. The maximum atomic E-state index is 12.9. The molecule has 0 spiro atoms. The summed E-state index contributed by atoms with van der Waals surface area (Å²) in [5, 5.41) is 10.3. The van der Waals surface area contributed by atoms with Gasteiger partial charge in [-0.1, -0.05) is 30.3 Å². The summed E-state index contributed by atoms with van der Waals surface area (Å²) in [5.74, 6) is 0.134. The van der Waals surface area contributed by atoms with Gasteiger partial charge >= 0.3 is 0 Å². The summed E-state index contributed by atoms with van der Waals surface area (Å²) in [7, 11) is -0.977. The number of hydrogen-bond acceptors (Lipinski definition) is 3. The summed E-state index contributed by atoms with van der Waals surface area (Å²) in [6, 6.07) is 16.2. The van der Waals surface area contributed by atoms with Gasteiger partial charge in [0.05, 0.1) is 11.4 Å². The third-order valence-corrected chi connectivity index (χ3v) is 6.54. The number of halogens is 1. The molecule has 1 fully saturated rings. The fraction of sp³-hybridized carbons (Fsp3) is 0.368. The Morgan fingerprint density at radius 2 is 1.88 bits per heavy atom. The van der Waals surface area contributed by atoms with Gasteiger partial charge in [0.25, 0.3) is 0 Å². The molecule has 0 bridgehead atoms. The summed E-state index contributed by atoms with van der Waals surface area (Å²) in [6.45, 7) is 2.87. The van der Waals surface area contributed by atoms with Crippen LogP contribution in [0.2, 0.25) is 0 Å². The SMILES string of the molecule is CC1C(S(=O)CCC(O)c2ccc(F)cc2)CN1c1ccccc1. The van der Waals surface area contributed by atoms with Crippen molar-refractivity contribution >= 4 is 16.5 Å². The van der Waals surface area contributed by atoms with E-state index in [9.17, 15) is 13.7 Å². The molecular weight excluding hydrogens is 325 g/mol. The van der Waals surface area contributed by atoms with E-state index in [-0.39, 0.29) is 17.1 Å². The minimum Gasteiger partial charge on any atom is -0.388 e. The molecule has 128 valence electrons. The molecule has 1 N–H and O–H groups in total. The van der Waals surface area contributed by atoms with Crippen molar-refractivity contribution in [2.75, 3.05) is 17.2 Å². The molecule has 1 aliphatic rings. The maximum Gasteiger partial charge on any atom is 0.123 e. The maximum absolute atomic E-state index is 12.9. The Hall–Kier alpha value is -1.72. The summed E-state index contributed by atoms with van der Waals surface area (Å²) in [6.07, 6.45) is -0.276. The minimum atomic E-state index is -0.977. The van der Waals surface area contributed by atoms with E-state index in [2.05, 4.69) is 24.0 Å². The third kappa shape index (κ3) is 3.68. The molecule has 0 aliphatic carbocycles. The van der Waals surface area contributed by atoms with Gasteiger partial charge in [-0.3, -0.25) is 4.21 Å². The van der Waals surface area contributed by atoms with E-state index >= 15 is 0 Å². The van der Waals surface area contributed by atoms with Gasteiger partial charge in [0, 0.05) is 34.8 Å². The van der Waals surface area contributed by atoms with E-state index in [1.54, 1.807) is 12.1 Å². The number of para-hydroxylation sites is 1. The van der Waals surface area contributed by atoms with Gasteiger partial charge in [0.1, 0.15) is 5.82 Å².